The van der Waals surface area contributed by atoms with Crippen molar-refractivity contribution in [2.75, 3.05) is 0 Å². The Labute approximate surface area is 383 Å². The predicted octanol–water partition coefficient (Wildman–Crippen LogP) is 13.6. The van der Waals surface area contributed by atoms with Gasteiger partial charge in [0.15, 0.2) is 0 Å². The molecule has 0 amide bonds. The van der Waals surface area contributed by atoms with Crippen LogP contribution in [-0.2, 0) is 32.5 Å². The summed E-state index contributed by atoms with van der Waals surface area (Å²) in [5, 5.41) is 17.7. The van der Waals surface area contributed by atoms with Gasteiger partial charge in [-0.3, -0.25) is 0 Å². The van der Waals surface area contributed by atoms with Crippen LogP contribution in [0.1, 0.15) is 38.8 Å². The summed E-state index contributed by atoms with van der Waals surface area (Å²) in [5.74, 6) is 9.09. The van der Waals surface area contributed by atoms with E-state index in [0.29, 0.717) is 45.3 Å². The summed E-state index contributed by atoms with van der Waals surface area (Å²) in [4.78, 5) is 0. The fourth-order valence-corrected chi connectivity index (χ4v) is 6.11. The fraction of sp³-hybridized carbons (Fsp3) is 0.120. The van der Waals surface area contributed by atoms with Gasteiger partial charge >= 0.3 is 32.5 Å². The van der Waals surface area contributed by atoms with Crippen molar-refractivity contribution in [1.82, 2.24) is 10.2 Å². The SMILES string of the molecule is C=C/C=C(C)/C=C(C)/C(=N\N)C(=C)[CH2-].C=C/C=C(C)/C=C(C)/C(=N\N)C(=C)[CH2-].FC(F)(F)c1cccc(Oc2nnc(-c3[c-]cccc3)c3cc4ccccc4cc23)c1C(F)(F)F.[Ir+3]. The molecule has 0 aliphatic heterocycles. The van der Waals surface area contributed by atoms with Crippen LogP contribution in [0, 0.1) is 19.9 Å². The molecule has 334 valence electrons. The minimum atomic E-state index is -5.32. The second kappa shape index (κ2) is 24.1. The third-order valence-electron chi connectivity index (χ3n) is 8.72. The van der Waals surface area contributed by atoms with Crippen LogP contribution in [0.25, 0.3) is 32.8 Å². The summed E-state index contributed by atoms with van der Waals surface area (Å²) in [6, 6.07) is 22.7. The first kappa shape index (κ1) is 53.2. The molecule has 0 aliphatic rings. The molecule has 0 saturated heterocycles. The molecule has 7 nitrogen and oxygen atoms in total. The number of alkyl halides is 6. The minimum Gasteiger partial charge on any atom is -0.436 e. The van der Waals surface area contributed by atoms with Crippen molar-refractivity contribution in [2.24, 2.45) is 21.9 Å². The second-order valence-corrected chi connectivity index (χ2v) is 13.8. The number of allylic oxidation sites excluding steroid dienone is 12. The van der Waals surface area contributed by atoms with Crippen LogP contribution in [0.2, 0.25) is 0 Å². The van der Waals surface area contributed by atoms with Crippen molar-refractivity contribution in [1.29, 1.82) is 0 Å². The van der Waals surface area contributed by atoms with Gasteiger partial charge in [-0.2, -0.15) is 69.6 Å². The van der Waals surface area contributed by atoms with Crippen LogP contribution >= 0.6 is 0 Å². The van der Waals surface area contributed by atoms with Gasteiger partial charge in [-0.1, -0.05) is 108 Å². The summed E-state index contributed by atoms with van der Waals surface area (Å²) in [5.41, 5.74) is 3.79. The van der Waals surface area contributed by atoms with Crippen molar-refractivity contribution in [3.8, 4) is 22.9 Å². The van der Waals surface area contributed by atoms with Crippen molar-refractivity contribution in [3.63, 3.8) is 0 Å². The molecule has 0 atom stereocenters. The molecule has 0 bridgehead atoms. The van der Waals surface area contributed by atoms with E-state index in [0.717, 1.165) is 45.2 Å². The van der Waals surface area contributed by atoms with Gasteiger partial charge in [0.2, 0.25) is 5.88 Å². The van der Waals surface area contributed by atoms with E-state index in [2.05, 4.69) is 66.6 Å². The molecular weight excluding hydrogens is 1010 g/mol. The summed E-state index contributed by atoms with van der Waals surface area (Å²) in [6.45, 7) is 29.8. The van der Waals surface area contributed by atoms with E-state index in [1.54, 1.807) is 60.7 Å². The van der Waals surface area contributed by atoms with E-state index in [4.69, 9.17) is 16.4 Å². The molecule has 4 aromatic carbocycles. The van der Waals surface area contributed by atoms with Gasteiger partial charge in [-0.05, 0) is 73.5 Å². The molecule has 0 fully saturated rings. The Morgan fingerprint density at radius 1 is 0.703 bits per heavy atom. The zero-order valence-electron chi connectivity index (χ0n) is 35.7. The van der Waals surface area contributed by atoms with Gasteiger partial charge in [-0.15, -0.1) is 41.0 Å². The number of halogens is 6. The Kier molecular flexibility index (Phi) is 20.0. The molecule has 0 aliphatic carbocycles. The number of hydrogen-bond acceptors (Lipinski definition) is 7. The summed E-state index contributed by atoms with van der Waals surface area (Å²) in [6.07, 6.45) is 0.646. The first-order valence-corrected chi connectivity index (χ1v) is 18.8. The van der Waals surface area contributed by atoms with Crippen LogP contribution in [0.5, 0.6) is 11.6 Å². The first-order valence-electron chi connectivity index (χ1n) is 18.8. The van der Waals surface area contributed by atoms with Crippen LogP contribution < -0.4 is 16.4 Å². The number of nitrogens with two attached hydrogens (primary N) is 2. The molecule has 64 heavy (non-hydrogen) atoms. The Hall–Kier alpha value is -6.89. The average molecular weight is 1050 g/mol. The fourth-order valence-electron chi connectivity index (χ4n) is 6.11. The molecule has 0 unspecified atom stereocenters. The van der Waals surface area contributed by atoms with E-state index >= 15 is 0 Å². The molecule has 0 spiro atoms. The van der Waals surface area contributed by atoms with Crippen LogP contribution in [0.3, 0.4) is 0 Å². The average Bonchev–Trinajstić information content (AvgIpc) is 3.20. The zero-order valence-corrected chi connectivity index (χ0v) is 38.1. The maximum absolute atomic E-state index is 13.7. The number of benzene rings is 4. The largest absolute Gasteiger partial charge is 3.00 e. The van der Waals surface area contributed by atoms with Gasteiger partial charge < -0.3 is 16.4 Å². The third-order valence-corrected chi connectivity index (χ3v) is 8.72. The number of aromatic nitrogens is 2. The maximum Gasteiger partial charge on any atom is 3.00 e. The molecular formula is C50H47F6IrN6O. The van der Waals surface area contributed by atoms with E-state index < -0.39 is 29.2 Å². The van der Waals surface area contributed by atoms with Gasteiger partial charge in [0.25, 0.3) is 0 Å². The molecule has 0 radical (unpaired) electrons. The van der Waals surface area contributed by atoms with Crippen molar-refractivity contribution >= 4 is 33.0 Å². The topological polar surface area (TPSA) is 112 Å². The standard InChI is InChI=1S/C26H13F6N2O.2C12H17N2.Ir/c27-25(28,29)20-11-6-12-21(22(20)26(30,31)32)35-24-19-14-17-10-5-4-9-16(17)13-18(19)23(33-34-24)15-7-2-1-3-8-15;2*1-6-7-10(4)8-11(5)12(14-13)9(2)3;/h1-7,9-14H;2*6-8H,1-3,13H2,4-5H3;/q3*-1;+3/b;2*10-7+,11-8+,14-12-;. The summed E-state index contributed by atoms with van der Waals surface area (Å²) >= 11 is 0. The normalized spacial score (nSPS) is 12.8. The monoisotopic (exact) mass is 1050 g/mol. The molecule has 5 aromatic rings. The molecule has 14 heteroatoms. The van der Waals surface area contributed by atoms with Gasteiger partial charge in [-0.25, -0.2) is 10.2 Å². The molecule has 5 rings (SSSR count). The molecule has 1 heterocycles. The number of rotatable bonds is 11. The van der Waals surface area contributed by atoms with Crippen molar-refractivity contribution < 1.29 is 51.2 Å². The Morgan fingerprint density at radius 2 is 1.20 bits per heavy atom. The smallest absolute Gasteiger partial charge is 0.436 e. The Bertz CT molecular complexity index is 2610. The number of fused-ring (bicyclic) bond motifs is 2. The van der Waals surface area contributed by atoms with Gasteiger partial charge in [0, 0.05) is 11.1 Å². The number of hydrazone groups is 2. The summed E-state index contributed by atoms with van der Waals surface area (Å²) < 4.78 is 86.7. The Balaban J connectivity index is 0.000000404. The first-order chi connectivity index (χ1) is 29.7. The Morgan fingerprint density at radius 3 is 1.62 bits per heavy atom. The number of ether oxygens (including phenoxy) is 1. The van der Waals surface area contributed by atoms with E-state index in [1.807, 2.05) is 64.1 Å². The number of hydrogen-bond donors (Lipinski definition) is 2. The van der Waals surface area contributed by atoms with E-state index in [-0.39, 0.29) is 31.4 Å². The molecule has 0 saturated carbocycles. The zero-order chi connectivity index (χ0) is 47.1. The van der Waals surface area contributed by atoms with Crippen LogP contribution in [0.15, 0.2) is 185 Å². The van der Waals surface area contributed by atoms with E-state index in [9.17, 15) is 26.3 Å². The molecule has 4 N–H and O–H groups in total. The van der Waals surface area contributed by atoms with Crippen molar-refractivity contribution in [3.05, 3.63) is 206 Å². The quantitative estimate of drug-likeness (QED) is 0.0260. The van der Waals surface area contributed by atoms with Crippen molar-refractivity contribution in [2.45, 2.75) is 40.0 Å². The number of nitrogens with zero attached hydrogens (tertiary/aromatic N) is 4. The maximum atomic E-state index is 13.7. The van der Waals surface area contributed by atoms with E-state index in [1.165, 1.54) is 0 Å². The van der Waals surface area contributed by atoms with Crippen LogP contribution in [-0.4, -0.2) is 21.6 Å². The van der Waals surface area contributed by atoms with Gasteiger partial charge in [0.1, 0.15) is 11.3 Å². The molecule has 1 aromatic heterocycles. The minimum absolute atomic E-state index is 0. The van der Waals surface area contributed by atoms with Gasteiger partial charge in [0.05, 0.1) is 5.56 Å². The third kappa shape index (κ3) is 14.6. The van der Waals surface area contributed by atoms with Crippen LogP contribution in [0.4, 0.5) is 26.3 Å². The predicted molar refractivity (Wildman–Crippen MR) is 245 cm³/mol. The summed E-state index contributed by atoms with van der Waals surface area (Å²) in [7, 11) is 0. The second-order valence-electron chi connectivity index (χ2n) is 13.8.